The topological polar surface area (TPSA) is 29.1 Å². The van der Waals surface area contributed by atoms with E-state index in [0.29, 0.717) is 5.56 Å². The van der Waals surface area contributed by atoms with Gasteiger partial charge < -0.3 is 5.32 Å². The first kappa shape index (κ1) is 11.5. The number of carbonyl (C=O) groups excluding carboxylic acids is 1. The molecule has 0 radical (unpaired) electrons. The van der Waals surface area contributed by atoms with Gasteiger partial charge in [-0.3, -0.25) is 4.79 Å². The van der Waals surface area contributed by atoms with Crippen LogP contribution in [0.5, 0.6) is 0 Å². The molecule has 80 valence electrons. The average molecular weight is 203 g/mol. The summed E-state index contributed by atoms with van der Waals surface area (Å²) in [5.74, 6) is -0.0139. The van der Waals surface area contributed by atoms with E-state index in [0.717, 1.165) is 12.0 Å². The first-order valence-electron chi connectivity index (χ1n) is 5.20. The Bertz CT molecular complexity index is 340. The molecular weight excluding hydrogens is 186 g/mol. The van der Waals surface area contributed by atoms with E-state index in [1.165, 1.54) is 0 Å². The Kier molecular flexibility index (Phi) is 4.10. The van der Waals surface area contributed by atoms with Crippen molar-refractivity contribution >= 4 is 12.0 Å². The van der Waals surface area contributed by atoms with Crippen LogP contribution in [0.15, 0.2) is 30.8 Å². The Labute approximate surface area is 91.0 Å². The third kappa shape index (κ3) is 3.24. The predicted octanol–water partition coefficient (Wildman–Crippen LogP) is 2.86. The number of benzene rings is 1. The van der Waals surface area contributed by atoms with Crippen molar-refractivity contribution < 1.29 is 4.79 Å². The van der Waals surface area contributed by atoms with Crippen molar-refractivity contribution in [2.45, 2.75) is 26.3 Å². The summed E-state index contributed by atoms with van der Waals surface area (Å²) in [6, 6.07) is 7.62. The lowest BCUT2D eigenvalue weighted by atomic mass is 10.1. The summed E-state index contributed by atoms with van der Waals surface area (Å²) in [6.45, 7) is 7.71. The summed E-state index contributed by atoms with van der Waals surface area (Å²) >= 11 is 0. The predicted molar refractivity (Wildman–Crippen MR) is 63.8 cm³/mol. The van der Waals surface area contributed by atoms with Crippen molar-refractivity contribution in [2.75, 3.05) is 0 Å². The molecule has 1 aromatic carbocycles. The third-order valence-electron chi connectivity index (χ3n) is 2.40. The molecule has 0 aromatic heterocycles. The van der Waals surface area contributed by atoms with Crippen molar-refractivity contribution in [3.05, 3.63) is 42.0 Å². The van der Waals surface area contributed by atoms with Crippen LogP contribution in [0.25, 0.3) is 6.08 Å². The second-order valence-electron chi connectivity index (χ2n) is 3.61. The number of carbonyl (C=O) groups is 1. The molecule has 0 aliphatic rings. The summed E-state index contributed by atoms with van der Waals surface area (Å²) in [6.07, 6.45) is 2.70. The van der Waals surface area contributed by atoms with E-state index < -0.39 is 0 Å². The molecule has 0 aliphatic carbocycles. The Morgan fingerprint density at radius 1 is 1.47 bits per heavy atom. The third-order valence-corrected chi connectivity index (χ3v) is 2.40. The molecule has 0 saturated carbocycles. The summed E-state index contributed by atoms with van der Waals surface area (Å²) in [4.78, 5) is 11.7. The quantitative estimate of drug-likeness (QED) is 0.801. The van der Waals surface area contributed by atoms with Gasteiger partial charge in [-0.05, 0) is 31.0 Å². The minimum absolute atomic E-state index is 0.0139. The van der Waals surface area contributed by atoms with Gasteiger partial charge in [0.15, 0.2) is 0 Å². The van der Waals surface area contributed by atoms with Gasteiger partial charge in [-0.2, -0.15) is 0 Å². The van der Waals surface area contributed by atoms with Crippen LogP contribution in [0.2, 0.25) is 0 Å². The van der Waals surface area contributed by atoms with Gasteiger partial charge in [-0.1, -0.05) is 31.7 Å². The van der Waals surface area contributed by atoms with E-state index >= 15 is 0 Å². The molecule has 15 heavy (non-hydrogen) atoms. The first-order valence-corrected chi connectivity index (χ1v) is 5.20. The first-order chi connectivity index (χ1) is 7.17. The lowest BCUT2D eigenvalue weighted by Crippen LogP contribution is -2.31. The van der Waals surface area contributed by atoms with Crippen LogP contribution in [0.4, 0.5) is 0 Å². The van der Waals surface area contributed by atoms with Gasteiger partial charge in [0.2, 0.25) is 0 Å². The molecule has 0 spiro atoms. The minimum atomic E-state index is -0.0139. The summed E-state index contributed by atoms with van der Waals surface area (Å²) in [7, 11) is 0. The van der Waals surface area contributed by atoms with E-state index in [1.807, 2.05) is 38.1 Å². The Hall–Kier alpha value is -1.57. The maximum absolute atomic E-state index is 11.7. The molecule has 0 heterocycles. The van der Waals surface area contributed by atoms with Gasteiger partial charge in [0.1, 0.15) is 0 Å². The molecular formula is C13H17NO. The molecule has 2 heteroatoms. The molecule has 0 fully saturated rings. The molecule has 0 bridgehead atoms. The van der Waals surface area contributed by atoms with Crippen LogP contribution >= 0.6 is 0 Å². The van der Waals surface area contributed by atoms with Crippen LogP contribution in [-0.2, 0) is 0 Å². The fourth-order valence-electron chi connectivity index (χ4n) is 1.18. The van der Waals surface area contributed by atoms with Gasteiger partial charge in [0, 0.05) is 11.6 Å². The summed E-state index contributed by atoms with van der Waals surface area (Å²) in [5, 5.41) is 2.92. The Balaban J connectivity index is 2.70. The largest absolute Gasteiger partial charge is 0.350 e. The molecule has 0 aliphatic heterocycles. The van der Waals surface area contributed by atoms with E-state index in [1.54, 1.807) is 6.08 Å². The Morgan fingerprint density at radius 3 is 2.53 bits per heavy atom. The second-order valence-corrected chi connectivity index (χ2v) is 3.61. The zero-order valence-corrected chi connectivity index (χ0v) is 9.29. The highest BCUT2D eigenvalue weighted by molar-refractivity contribution is 5.94. The summed E-state index contributed by atoms with van der Waals surface area (Å²) in [5.41, 5.74) is 1.72. The van der Waals surface area contributed by atoms with Crippen molar-refractivity contribution in [3.8, 4) is 0 Å². The Morgan fingerprint density at radius 2 is 2.07 bits per heavy atom. The standard InChI is InChI=1S/C13H17NO/c1-4-10(3)14-13(15)12-8-6-11(5-2)7-9-12/h5-10H,2,4H2,1,3H3,(H,14,15). The van der Waals surface area contributed by atoms with E-state index in [2.05, 4.69) is 11.9 Å². The monoisotopic (exact) mass is 203 g/mol. The van der Waals surface area contributed by atoms with Gasteiger partial charge in [0.25, 0.3) is 5.91 Å². The fraction of sp³-hybridized carbons (Fsp3) is 0.308. The van der Waals surface area contributed by atoms with Crippen molar-refractivity contribution in [2.24, 2.45) is 0 Å². The highest BCUT2D eigenvalue weighted by Gasteiger charge is 2.07. The summed E-state index contributed by atoms with van der Waals surface area (Å²) < 4.78 is 0. The molecule has 1 amide bonds. The van der Waals surface area contributed by atoms with Crippen LogP contribution in [0, 0.1) is 0 Å². The van der Waals surface area contributed by atoms with Crippen LogP contribution < -0.4 is 5.32 Å². The number of hydrogen-bond acceptors (Lipinski definition) is 1. The smallest absolute Gasteiger partial charge is 0.251 e. The van der Waals surface area contributed by atoms with E-state index in [4.69, 9.17) is 0 Å². The van der Waals surface area contributed by atoms with E-state index in [9.17, 15) is 4.79 Å². The normalized spacial score (nSPS) is 11.9. The van der Waals surface area contributed by atoms with Gasteiger partial charge >= 0.3 is 0 Å². The van der Waals surface area contributed by atoms with Gasteiger partial charge in [-0.15, -0.1) is 0 Å². The molecule has 1 aromatic rings. The maximum atomic E-state index is 11.7. The minimum Gasteiger partial charge on any atom is -0.350 e. The zero-order valence-electron chi connectivity index (χ0n) is 9.29. The lowest BCUT2D eigenvalue weighted by Gasteiger charge is -2.11. The van der Waals surface area contributed by atoms with Crippen LogP contribution in [-0.4, -0.2) is 11.9 Å². The molecule has 2 nitrogen and oxygen atoms in total. The molecule has 1 unspecified atom stereocenters. The number of amides is 1. The van der Waals surface area contributed by atoms with Gasteiger partial charge in [-0.25, -0.2) is 0 Å². The zero-order chi connectivity index (χ0) is 11.3. The maximum Gasteiger partial charge on any atom is 0.251 e. The molecule has 1 atom stereocenters. The lowest BCUT2D eigenvalue weighted by molar-refractivity contribution is 0.0939. The molecule has 0 saturated heterocycles. The van der Waals surface area contributed by atoms with Crippen LogP contribution in [0.3, 0.4) is 0 Å². The van der Waals surface area contributed by atoms with Crippen molar-refractivity contribution in [1.82, 2.24) is 5.32 Å². The van der Waals surface area contributed by atoms with Crippen molar-refractivity contribution in [3.63, 3.8) is 0 Å². The SMILES string of the molecule is C=Cc1ccc(C(=O)NC(C)CC)cc1. The average Bonchev–Trinajstić information content (AvgIpc) is 2.29. The number of rotatable bonds is 4. The van der Waals surface area contributed by atoms with Crippen molar-refractivity contribution in [1.29, 1.82) is 0 Å². The number of hydrogen-bond donors (Lipinski definition) is 1. The highest BCUT2D eigenvalue weighted by atomic mass is 16.1. The second kappa shape index (κ2) is 5.35. The van der Waals surface area contributed by atoms with Gasteiger partial charge in [0.05, 0.1) is 0 Å². The molecule has 1 rings (SSSR count). The molecule has 1 N–H and O–H groups in total. The van der Waals surface area contributed by atoms with Crippen LogP contribution in [0.1, 0.15) is 36.2 Å². The fourth-order valence-corrected chi connectivity index (χ4v) is 1.18. The van der Waals surface area contributed by atoms with E-state index in [-0.39, 0.29) is 11.9 Å². The highest BCUT2D eigenvalue weighted by Crippen LogP contribution is 2.05. The number of nitrogens with one attached hydrogen (secondary N) is 1.